The van der Waals surface area contributed by atoms with Gasteiger partial charge >= 0.3 is 0 Å². The number of hydrogen-bond acceptors (Lipinski definition) is 6. The molecule has 2 aromatic heterocycles. The van der Waals surface area contributed by atoms with Crippen molar-refractivity contribution in [2.75, 3.05) is 13.6 Å². The minimum Gasteiger partial charge on any atom is -0.507 e. The van der Waals surface area contributed by atoms with Gasteiger partial charge in [-0.15, -0.1) is 10.2 Å². The molecule has 8 heteroatoms. The molecule has 0 spiro atoms. The van der Waals surface area contributed by atoms with E-state index in [1.54, 1.807) is 30.6 Å². The van der Waals surface area contributed by atoms with E-state index in [-0.39, 0.29) is 17.7 Å². The van der Waals surface area contributed by atoms with Gasteiger partial charge in [-0.1, -0.05) is 0 Å². The molecule has 3 fully saturated rings. The first-order valence-corrected chi connectivity index (χ1v) is 10.2. The molecule has 1 aliphatic carbocycles. The third kappa shape index (κ3) is 3.31. The first-order valence-electron chi connectivity index (χ1n) is 10.2. The van der Waals surface area contributed by atoms with Gasteiger partial charge in [-0.25, -0.2) is 9.37 Å². The molecule has 4 heterocycles. The zero-order valence-corrected chi connectivity index (χ0v) is 16.9. The Labute approximate surface area is 174 Å². The van der Waals surface area contributed by atoms with Crippen molar-refractivity contribution >= 4 is 0 Å². The average Bonchev–Trinajstić information content (AvgIpc) is 3.17. The highest BCUT2D eigenvalue weighted by Crippen LogP contribution is 2.38. The van der Waals surface area contributed by atoms with Crippen LogP contribution in [0, 0.1) is 12.8 Å². The standard InChI is InChI=1S/C22H24FN5O2/c1-13-10-28(12-24-13)15-4-5-16(19(29)9-15)17-6-8-20(26-25-17)30-22-14-3-7-18(21(22)23)27(2)11-14/h4-6,8-10,12,14,18,21-22,29H,3,7,11H2,1-2H3/t14-,18?,21?,22?/m0/s1. The van der Waals surface area contributed by atoms with Gasteiger partial charge in [-0.05, 0) is 45.0 Å². The lowest BCUT2D eigenvalue weighted by molar-refractivity contribution is -0.0891. The van der Waals surface area contributed by atoms with Crippen molar-refractivity contribution in [3.05, 3.63) is 48.5 Å². The van der Waals surface area contributed by atoms with Crippen LogP contribution in [0.4, 0.5) is 4.39 Å². The van der Waals surface area contributed by atoms with E-state index in [2.05, 4.69) is 20.1 Å². The molecule has 2 saturated heterocycles. The molecular weight excluding hydrogens is 385 g/mol. The second-order valence-corrected chi connectivity index (χ2v) is 8.25. The average molecular weight is 409 g/mol. The molecule has 1 N–H and O–H groups in total. The second-order valence-electron chi connectivity index (χ2n) is 8.25. The van der Waals surface area contributed by atoms with Crippen molar-refractivity contribution in [1.29, 1.82) is 0 Å². The number of aryl methyl sites for hydroxylation is 1. The third-order valence-corrected chi connectivity index (χ3v) is 6.23. The van der Waals surface area contributed by atoms with Gasteiger partial charge < -0.3 is 14.4 Å². The summed E-state index contributed by atoms with van der Waals surface area (Å²) < 4.78 is 22.5. The molecular formula is C22H24FN5O2. The van der Waals surface area contributed by atoms with Crippen LogP contribution < -0.4 is 4.74 Å². The maximum atomic E-state index is 14.8. The van der Waals surface area contributed by atoms with Gasteiger partial charge in [-0.3, -0.25) is 4.90 Å². The zero-order valence-electron chi connectivity index (χ0n) is 16.9. The molecule has 4 atom stereocenters. The van der Waals surface area contributed by atoms with E-state index in [0.29, 0.717) is 17.1 Å². The Bertz CT molecular complexity index is 1050. The number of rotatable bonds is 4. The van der Waals surface area contributed by atoms with Crippen LogP contribution in [-0.4, -0.2) is 61.7 Å². The van der Waals surface area contributed by atoms with Crippen LogP contribution in [0.25, 0.3) is 16.9 Å². The van der Waals surface area contributed by atoms with Crippen molar-refractivity contribution in [3.63, 3.8) is 0 Å². The fourth-order valence-corrected chi connectivity index (χ4v) is 4.64. The molecule has 1 aromatic carbocycles. The molecule has 2 aliphatic heterocycles. The predicted molar refractivity (Wildman–Crippen MR) is 109 cm³/mol. The molecule has 3 aromatic rings. The van der Waals surface area contributed by atoms with Gasteiger partial charge in [0.15, 0.2) is 6.17 Å². The summed E-state index contributed by atoms with van der Waals surface area (Å²) in [5, 5.41) is 18.8. The molecule has 0 amide bonds. The van der Waals surface area contributed by atoms with Gasteiger partial charge in [-0.2, -0.15) is 0 Å². The quantitative estimate of drug-likeness (QED) is 0.713. The van der Waals surface area contributed by atoms with E-state index >= 15 is 0 Å². The highest BCUT2D eigenvalue weighted by molar-refractivity contribution is 5.68. The maximum Gasteiger partial charge on any atom is 0.233 e. The van der Waals surface area contributed by atoms with Crippen molar-refractivity contribution in [3.8, 4) is 28.6 Å². The van der Waals surface area contributed by atoms with E-state index in [1.165, 1.54) is 0 Å². The number of halogens is 1. The van der Waals surface area contributed by atoms with Crippen molar-refractivity contribution in [2.24, 2.45) is 5.92 Å². The minimum atomic E-state index is -1.02. The Kier molecular flexibility index (Phi) is 4.66. The Morgan fingerprint density at radius 2 is 2.03 bits per heavy atom. The first-order chi connectivity index (χ1) is 14.5. The highest BCUT2D eigenvalue weighted by atomic mass is 19.1. The minimum absolute atomic E-state index is 0.0815. The number of imidazole rings is 1. The van der Waals surface area contributed by atoms with E-state index in [0.717, 1.165) is 30.8 Å². The number of piperidine rings is 2. The number of fused-ring (bicyclic) bond motifs is 3. The Hall–Kier alpha value is -3.00. The summed E-state index contributed by atoms with van der Waals surface area (Å²) in [5.41, 5.74) is 2.79. The fourth-order valence-electron chi connectivity index (χ4n) is 4.64. The predicted octanol–water partition coefficient (Wildman–Crippen LogP) is 3.15. The zero-order chi connectivity index (χ0) is 20.8. The Balaban J connectivity index is 1.33. The summed E-state index contributed by atoms with van der Waals surface area (Å²) in [6.45, 7) is 2.75. The van der Waals surface area contributed by atoms with Gasteiger partial charge in [0.2, 0.25) is 5.88 Å². The molecule has 3 unspecified atom stereocenters. The van der Waals surface area contributed by atoms with Gasteiger partial charge in [0, 0.05) is 42.4 Å². The Morgan fingerprint density at radius 1 is 1.17 bits per heavy atom. The SMILES string of the molecule is Cc1cn(-c2ccc(-c3ccc(OC4C(F)C5CC[C@H]4CN5C)nn3)c(O)c2)cn1. The molecule has 156 valence electrons. The van der Waals surface area contributed by atoms with Crippen molar-refractivity contribution < 1.29 is 14.2 Å². The monoisotopic (exact) mass is 409 g/mol. The van der Waals surface area contributed by atoms with Gasteiger partial charge in [0.05, 0.1) is 23.4 Å². The summed E-state index contributed by atoms with van der Waals surface area (Å²) in [6.07, 6.45) is 3.93. The normalized spacial score (nSPS) is 26.1. The van der Waals surface area contributed by atoms with Crippen LogP contribution >= 0.6 is 0 Å². The smallest absolute Gasteiger partial charge is 0.233 e. The Morgan fingerprint density at radius 3 is 2.67 bits per heavy atom. The molecule has 6 rings (SSSR count). The molecule has 1 saturated carbocycles. The van der Waals surface area contributed by atoms with Crippen LogP contribution in [-0.2, 0) is 0 Å². The number of aromatic nitrogens is 4. The first kappa shape index (κ1) is 19.0. The van der Waals surface area contributed by atoms with Crippen LogP contribution in [0.3, 0.4) is 0 Å². The van der Waals surface area contributed by atoms with Gasteiger partial charge in [0.1, 0.15) is 11.9 Å². The van der Waals surface area contributed by atoms with Crippen LogP contribution in [0.2, 0.25) is 0 Å². The number of nitrogens with zero attached hydrogens (tertiary/aromatic N) is 5. The lowest BCUT2D eigenvalue weighted by Gasteiger charge is -2.49. The number of aromatic hydroxyl groups is 1. The van der Waals surface area contributed by atoms with E-state index in [9.17, 15) is 9.50 Å². The molecule has 3 aliphatic rings. The molecule has 2 bridgehead atoms. The second kappa shape index (κ2) is 7.36. The largest absolute Gasteiger partial charge is 0.507 e. The lowest BCUT2D eigenvalue weighted by Crippen LogP contribution is -2.61. The number of phenols is 1. The lowest BCUT2D eigenvalue weighted by atomic mass is 9.76. The summed E-state index contributed by atoms with van der Waals surface area (Å²) in [4.78, 5) is 6.29. The molecule has 7 nitrogen and oxygen atoms in total. The number of ether oxygens (including phenoxy) is 1. The molecule has 30 heavy (non-hydrogen) atoms. The summed E-state index contributed by atoms with van der Waals surface area (Å²) in [6, 6.07) is 8.67. The summed E-state index contributed by atoms with van der Waals surface area (Å²) in [5.74, 6) is 0.574. The van der Waals surface area contributed by atoms with Crippen LogP contribution in [0.5, 0.6) is 11.6 Å². The summed E-state index contributed by atoms with van der Waals surface area (Å²) in [7, 11) is 1.97. The fraction of sp³-hybridized carbons (Fsp3) is 0.409. The third-order valence-electron chi connectivity index (χ3n) is 6.23. The highest BCUT2D eigenvalue weighted by Gasteiger charge is 2.48. The summed E-state index contributed by atoms with van der Waals surface area (Å²) >= 11 is 0. The molecule has 0 radical (unpaired) electrons. The number of hydrogen-bond donors (Lipinski definition) is 1. The van der Waals surface area contributed by atoms with Crippen molar-refractivity contribution in [1.82, 2.24) is 24.6 Å². The van der Waals surface area contributed by atoms with E-state index < -0.39 is 12.3 Å². The topological polar surface area (TPSA) is 76.3 Å². The maximum absolute atomic E-state index is 14.8. The van der Waals surface area contributed by atoms with Crippen LogP contribution in [0.1, 0.15) is 18.5 Å². The van der Waals surface area contributed by atoms with E-state index in [4.69, 9.17) is 4.74 Å². The van der Waals surface area contributed by atoms with Gasteiger partial charge in [0.25, 0.3) is 0 Å². The number of benzene rings is 1. The van der Waals surface area contributed by atoms with E-state index in [1.807, 2.05) is 30.8 Å². The number of phenolic OH excluding ortho intramolecular Hbond substituents is 1. The van der Waals surface area contributed by atoms with Crippen LogP contribution in [0.15, 0.2) is 42.9 Å². The number of alkyl halides is 1. The van der Waals surface area contributed by atoms with Crippen molar-refractivity contribution in [2.45, 2.75) is 38.1 Å².